The summed E-state index contributed by atoms with van der Waals surface area (Å²) in [7, 11) is 0. The Labute approximate surface area is 222 Å². The molecule has 182 valence electrons. The molecule has 1 aromatic heterocycles. The summed E-state index contributed by atoms with van der Waals surface area (Å²) in [6.45, 7) is 2.93. The van der Waals surface area contributed by atoms with Crippen LogP contribution in [0.2, 0.25) is 0 Å². The molecule has 7 heteroatoms. The van der Waals surface area contributed by atoms with Crippen molar-refractivity contribution in [3.05, 3.63) is 131 Å². The number of halogens is 3. The quantitative estimate of drug-likeness (QED) is 0.169. The molecule has 0 bridgehead atoms. The Morgan fingerprint density at radius 3 is 2.61 bits per heavy atom. The number of pyridine rings is 1. The van der Waals surface area contributed by atoms with Gasteiger partial charge in [0, 0.05) is 18.3 Å². The molecule has 0 radical (unpaired) electrons. The van der Waals surface area contributed by atoms with E-state index in [0.29, 0.717) is 0 Å². The van der Waals surface area contributed by atoms with Crippen molar-refractivity contribution in [1.29, 1.82) is 0 Å². The Bertz CT molecular complexity index is 1390. The Morgan fingerprint density at radius 2 is 1.83 bits per heavy atom. The molecular formula is C29H21F3IrN3. The SMILES string of the molecule is Cc1cc(-c2[c-]cc(F)c(F)c2F)ncc1-c1ccccc1.[Ir+3].[c-]1cccc2c1C1[N-]C=CN1CC2. The minimum absolute atomic E-state index is 0. The van der Waals surface area contributed by atoms with E-state index in [1.807, 2.05) is 49.5 Å². The van der Waals surface area contributed by atoms with Crippen LogP contribution in [-0.4, -0.2) is 16.4 Å². The van der Waals surface area contributed by atoms with Gasteiger partial charge in [-0.05, 0) is 36.1 Å². The van der Waals surface area contributed by atoms with Gasteiger partial charge in [-0.2, -0.15) is 41.6 Å². The molecule has 0 saturated carbocycles. The molecule has 3 aromatic carbocycles. The minimum atomic E-state index is -1.51. The van der Waals surface area contributed by atoms with Gasteiger partial charge < -0.3 is 15.2 Å². The second-order valence-electron chi connectivity index (χ2n) is 8.31. The van der Waals surface area contributed by atoms with Gasteiger partial charge in [-0.15, -0.1) is 12.1 Å². The maximum Gasteiger partial charge on any atom is 3.00 e. The summed E-state index contributed by atoms with van der Waals surface area (Å²) in [6.07, 6.45) is 6.87. The predicted octanol–water partition coefficient (Wildman–Crippen LogP) is 7.14. The summed E-state index contributed by atoms with van der Waals surface area (Å²) < 4.78 is 40.1. The molecule has 0 amide bonds. The molecule has 2 aliphatic heterocycles. The minimum Gasteiger partial charge on any atom is -0.668 e. The summed E-state index contributed by atoms with van der Waals surface area (Å²) >= 11 is 0. The number of nitrogens with zero attached hydrogens (tertiary/aromatic N) is 3. The van der Waals surface area contributed by atoms with Crippen LogP contribution in [0, 0.1) is 36.5 Å². The third-order valence-electron chi connectivity index (χ3n) is 6.09. The standard InChI is InChI=1S/C18H11F3N.C11H10N2.Ir/c1-11-9-16(13-7-8-15(19)18(21)17(13)20)22-10-14(11)12-5-3-2-4-6-12;1-2-4-10-9(3-1)5-7-13-8-6-12-11(10)13;/h2-6,8-10H,1H3;1-3,6,8,11H,5,7H2;/q-1;-2;+3. The summed E-state index contributed by atoms with van der Waals surface area (Å²) in [5, 5.41) is 4.41. The van der Waals surface area contributed by atoms with E-state index < -0.39 is 17.5 Å². The number of fused-ring (bicyclic) bond motifs is 3. The molecule has 1 unspecified atom stereocenters. The second kappa shape index (κ2) is 11.1. The van der Waals surface area contributed by atoms with Crippen LogP contribution in [0.4, 0.5) is 13.2 Å². The molecule has 0 N–H and O–H groups in total. The molecule has 4 aromatic rings. The maximum atomic E-state index is 13.8. The Hall–Kier alpha value is -3.41. The van der Waals surface area contributed by atoms with Crippen molar-refractivity contribution in [1.82, 2.24) is 9.88 Å². The van der Waals surface area contributed by atoms with E-state index in [1.165, 1.54) is 11.1 Å². The van der Waals surface area contributed by atoms with E-state index in [2.05, 4.69) is 45.7 Å². The van der Waals surface area contributed by atoms with Crippen molar-refractivity contribution >= 4 is 0 Å². The second-order valence-corrected chi connectivity index (χ2v) is 8.31. The van der Waals surface area contributed by atoms with Crippen LogP contribution in [0.5, 0.6) is 0 Å². The number of rotatable bonds is 2. The average Bonchev–Trinajstić information content (AvgIpc) is 3.38. The molecule has 0 spiro atoms. The zero-order chi connectivity index (χ0) is 24.4. The van der Waals surface area contributed by atoms with E-state index >= 15 is 0 Å². The van der Waals surface area contributed by atoms with Gasteiger partial charge in [-0.25, -0.2) is 4.39 Å². The van der Waals surface area contributed by atoms with Gasteiger partial charge >= 0.3 is 20.1 Å². The molecule has 2 aliphatic rings. The van der Waals surface area contributed by atoms with Crippen LogP contribution < -0.4 is 0 Å². The zero-order valence-electron chi connectivity index (χ0n) is 19.3. The van der Waals surface area contributed by atoms with Gasteiger partial charge in [-0.3, -0.25) is 8.78 Å². The number of aromatic nitrogens is 1. The fourth-order valence-corrected chi connectivity index (χ4v) is 4.28. The average molecular weight is 661 g/mol. The van der Waals surface area contributed by atoms with Crippen molar-refractivity contribution in [2.75, 3.05) is 6.54 Å². The fraction of sp³-hybridized carbons (Fsp3) is 0.138. The van der Waals surface area contributed by atoms with Crippen molar-refractivity contribution in [3.8, 4) is 22.4 Å². The summed E-state index contributed by atoms with van der Waals surface area (Å²) in [6, 6.07) is 23.9. The zero-order valence-corrected chi connectivity index (χ0v) is 21.7. The largest absolute Gasteiger partial charge is 3.00 e. The number of hydrogen-bond acceptors (Lipinski definition) is 2. The van der Waals surface area contributed by atoms with Crippen LogP contribution in [0.3, 0.4) is 0 Å². The van der Waals surface area contributed by atoms with Crippen LogP contribution in [0.25, 0.3) is 27.7 Å². The van der Waals surface area contributed by atoms with Gasteiger partial charge in [0.05, 0.1) is 11.6 Å². The van der Waals surface area contributed by atoms with Crippen LogP contribution >= 0.6 is 0 Å². The van der Waals surface area contributed by atoms with Gasteiger partial charge in [0.1, 0.15) is 5.82 Å². The molecule has 3 heterocycles. The molecule has 1 atom stereocenters. The van der Waals surface area contributed by atoms with E-state index in [0.717, 1.165) is 35.7 Å². The van der Waals surface area contributed by atoms with Crippen molar-refractivity contribution in [2.24, 2.45) is 0 Å². The summed E-state index contributed by atoms with van der Waals surface area (Å²) in [5.74, 6) is -4.06. The van der Waals surface area contributed by atoms with E-state index in [4.69, 9.17) is 0 Å². The monoisotopic (exact) mass is 661 g/mol. The van der Waals surface area contributed by atoms with Crippen molar-refractivity contribution in [3.63, 3.8) is 0 Å². The maximum absolute atomic E-state index is 13.8. The van der Waals surface area contributed by atoms with Gasteiger partial charge in [0.2, 0.25) is 0 Å². The topological polar surface area (TPSA) is 30.2 Å². The molecule has 0 fully saturated rings. The molecule has 3 nitrogen and oxygen atoms in total. The Balaban J connectivity index is 0.000000185. The first-order valence-electron chi connectivity index (χ1n) is 11.2. The van der Waals surface area contributed by atoms with Crippen LogP contribution in [-0.2, 0) is 26.5 Å². The molecular weight excluding hydrogens is 640 g/mol. The van der Waals surface area contributed by atoms with Gasteiger partial charge in [0.15, 0.2) is 0 Å². The molecule has 0 aliphatic carbocycles. The van der Waals surface area contributed by atoms with Crippen molar-refractivity contribution in [2.45, 2.75) is 19.5 Å². The Morgan fingerprint density at radius 1 is 1.03 bits per heavy atom. The fourth-order valence-electron chi connectivity index (χ4n) is 4.28. The molecule has 0 saturated heterocycles. The Kier molecular flexibility index (Phi) is 7.92. The third kappa shape index (κ3) is 5.08. The van der Waals surface area contributed by atoms with Gasteiger partial charge in [0.25, 0.3) is 0 Å². The summed E-state index contributed by atoms with van der Waals surface area (Å²) in [4.78, 5) is 6.42. The first kappa shape index (κ1) is 25.7. The van der Waals surface area contributed by atoms with Gasteiger partial charge in [-0.1, -0.05) is 48.4 Å². The van der Waals surface area contributed by atoms with E-state index in [-0.39, 0.29) is 37.5 Å². The first-order chi connectivity index (χ1) is 17.0. The third-order valence-corrected chi connectivity index (χ3v) is 6.09. The number of hydrogen-bond donors (Lipinski definition) is 0. The van der Waals surface area contributed by atoms with Crippen LogP contribution in [0.1, 0.15) is 22.9 Å². The number of benzene rings is 3. The smallest absolute Gasteiger partial charge is 0.668 e. The van der Waals surface area contributed by atoms with E-state index in [1.54, 1.807) is 12.3 Å². The molecule has 6 rings (SSSR count). The normalized spacial score (nSPS) is 15.1. The van der Waals surface area contributed by atoms with E-state index in [9.17, 15) is 13.2 Å². The summed E-state index contributed by atoms with van der Waals surface area (Å²) in [5.41, 5.74) is 5.42. The van der Waals surface area contributed by atoms with Crippen LogP contribution in [0.15, 0.2) is 79.3 Å². The molecule has 36 heavy (non-hydrogen) atoms. The predicted molar refractivity (Wildman–Crippen MR) is 129 cm³/mol. The van der Waals surface area contributed by atoms with Crippen molar-refractivity contribution < 1.29 is 33.3 Å². The number of aryl methyl sites for hydroxylation is 1. The first-order valence-corrected chi connectivity index (χ1v) is 11.2.